The van der Waals surface area contributed by atoms with Crippen LogP contribution in [0.15, 0.2) is 36.4 Å². The van der Waals surface area contributed by atoms with Crippen LogP contribution in [0.4, 0.5) is 18.9 Å². The average Bonchev–Trinajstić information content (AvgIpc) is 3.32. The Kier molecular flexibility index (Phi) is 12.5. The lowest BCUT2D eigenvalue weighted by Gasteiger charge is -2.30. The van der Waals surface area contributed by atoms with Crippen molar-refractivity contribution < 1.29 is 41.1 Å². The number of ether oxygens (including phenoxy) is 2. The number of halogens is 4. The first-order valence-corrected chi connectivity index (χ1v) is 17.2. The molecule has 0 saturated carbocycles. The number of nitrogens with zero attached hydrogens (tertiary/aromatic N) is 1. The number of benzene rings is 2. The van der Waals surface area contributed by atoms with Gasteiger partial charge >= 0.3 is 19.7 Å². The summed E-state index contributed by atoms with van der Waals surface area (Å²) in [6, 6.07) is 8.46. The highest BCUT2D eigenvalue weighted by Crippen LogP contribution is 2.62. The van der Waals surface area contributed by atoms with Crippen LogP contribution in [0.1, 0.15) is 66.9 Å². The number of hydrogen-bond acceptors (Lipinski definition) is 9. The standard InChI is InChI=1S/C29H35F3IN2O6PS/c1-7-38-28(36)25-18(6)34-27(43-25)19-10-13-24(39-16-17(4)5)21(14-19)26(42(37,40-8-2)41-9-3)35-23-12-11-20(15-22(23)33)29(30,31)32/h10-15,17,26,35H,7-9,16H2,1-6H3. The fourth-order valence-corrected chi connectivity index (χ4v) is 7.58. The second-order valence-electron chi connectivity index (χ2n) is 9.73. The Morgan fingerprint density at radius 3 is 2.30 bits per heavy atom. The van der Waals surface area contributed by atoms with E-state index in [4.69, 9.17) is 18.5 Å². The van der Waals surface area contributed by atoms with Gasteiger partial charge in [-0.2, -0.15) is 13.2 Å². The molecule has 0 radical (unpaired) electrons. The summed E-state index contributed by atoms with van der Waals surface area (Å²) in [7, 11) is -4.00. The molecule has 0 fully saturated rings. The zero-order chi connectivity index (χ0) is 31.9. The highest BCUT2D eigenvalue weighted by atomic mass is 127. The summed E-state index contributed by atoms with van der Waals surface area (Å²) in [6.07, 6.45) is -4.52. The van der Waals surface area contributed by atoms with Crippen molar-refractivity contribution >= 4 is 53.2 Å². The first kappa shape index (κ1) is 35.3. The van der Waals surface area contributed by atoms with Gasteiger partial charge in [0.2, 0.25) is 0 Å². The van der Waals surface area contributed by atoms with Crippen molar-refractivity contribution in [3.05, 3.63) is 61.7 Å². The number of alkyl halides is 3. The van der Waals surface area contributed by atoms with E-state index >= 15 is 0 Å². The molecule has 1 N–H and O–H groups in total. The van der Waals surface area contributed by atoms with E-state index in [1.807, 2.05) is 13.8 Å². The van der Waals surface area contributed by atoms with Crippen LogP contribution >= 0.6 is 41.5 Å². The molecule has 1 aromatic heterocycles. The fourth-order valence-electron chi connectivity index (χ4n) is 4.02. The lowest BCUT2D eigenvalue weighted by molar-refractivity contribution is -0.137. The van der Waals surface area contributed by atoms with Crippen LogP contribution in [-0.2, 0) is 24.5 Å². The SMILES string of the molecule is CCOC(=O)c1sc(-c2ccc(OCC(C)C)c(C(Nc3ccc(C(F)(F)F)cc3I)P(=O)(OCC)OCC)c2)nc1C. The summed E-state index contributed by atoms with van der Waals surface area (Å²) >= 11 is 2.96. The number of esters is 1. The van der Waals surface area contributed by atoms with Crippen molar-refractivity contribution in [2.45, 2.75) is 53.5 Å². The van der Waals surface area contributed by atoms with Gasteiger partial charge in [-0.1, -0.05) is 13.8 Å². The molecule has 2 aromatic carbocycles. The molecule has 14 heteroatoms. The Hall–Kier alpha value is -2.19. The second kappa shape index (κ2) is 15.2. The summed E-state index contributed by atoms with van der Waals surface area (Å²) < 4.78 is 77.6. The normalized spacial score (nSPS) is 12.8. The summed E-state index contributed by atoms with van der Waals surface area (Å²) in [5.74, 6) is -1.11. The lowest BCUT2D eigenvalue weighted by atomic mass is 10.1. The van der Waals surface area contributed by atoms with E-state index in [0.717, 1.165) is 23.5 Å². The third-order valence-corrected chi connectivity index (χ3v) is 10.3. The maximum Gasteiger partial charge on any atom is 0.416 e. The molecule has 1 atom stereocenters. The minimum absolute atomic E-state index is 0.0516. The van der Waals surface area contributed by atoms with Crippen molar-refractivity contribution in [1.29, 1.82) is 0 Å². The van der Waals surface area contributed by atoms with Crippen LogP contribution in [0.2, 0.25) is 0 Å². The van der Waals surface area contributed by atoms with Crippen molar-refractivity contribution in [2.24, 2.45) is 5.92 Å². The van der Waals surface area contributed by atoms with Crippen LogP contribution in [0, 0.1) is 16.4 Å². The molecule has 0 bridgehead atoms. The number of carbonyl (C=O) groups excluding carboxylic acids is 1. The molecule has 0 aliphatic carbocycles. The maximum absolute atomic E-state index is 14.4. The molecule has 0 saturated heterocycles. The number of thiazole rings is 1. The van der Waals surface area contributed by atoms with E-state index in [-0.39, 0.29) is 29.3 Å². The monoisotopic (exact) mass is 754 g/mol. The highest BCUT2D eigenvalue weighted by Gasteiger charge is 2.40. The molecule has 8 nitrogen and oxygen atoms in total. The first-order valence-electron chi connectivity index (χ1n) is 13.7. The van der Waals surface area contributed by atoms with Crippen LogP contribution in [-0.4, -0.2) is 37.4 Å². The van der Waals surface area contributed by atoms with Gasteiger partial charge in [0.25, 0.3) is 0 Å². The van der Waals surface area contributed by atoms with Gasteiger partial charge in [0.05, 0.1) is 37.7 Å². The smallest absolute Gasteiger partial charge is 0.416 e. The third kappa shape index (κ3) is 8.93. The second-order valence-corrected chi connectivity index (χ2v) is 14.0. The van der Waals surface area contributed by atoms with E-state index in [0.29, 0.717) is 44.7 Å². The Morgan fingerprint density at radius 2 is 1.74 bits per heavy atom. The molecule has 0 amide bonds. The molecular formula is C29H35F3IN2O6PS. The van der Waals surface area contributed by atoms with Gasteiger partial charge in [-0.15, -0.1) is 11.3 Å². The van der Waals surface area contributed by atoms with Crippen LogP contribution < -0.4 is 10.1 Å². The van der Waals surface area contributed by atoms with Crippen LogP contribution in [0.5, 0.6) is 5.75 Å². The Bertz CT molecular complexity index is 1460. The number of anilines is 1. The number of aryl methyl sites for hydroxylation is 1. The summed E-state index contributed by atoms with van der Waals surface area (Å²) in [6.45, 7) is 11.4. The largest absolute Gasteiger partial charge is 0.493 e. The molecular weight excluding hydrogens is 719 g/mol. The molecule has 1 unspecified atom stereocenters. The molecule has 0 spiro atoms. The quantitative estimate of drug-likeness (QED) is 0.0989. The number of aromatic nitrogens is 1. The Morgan fingerprint density at radius 1 is 1.07 bits per heavy atom. The number of nitrogens with one attached hydrogen (secondary N) is 1. The predicted octanol–water partition coefficient (Wildman–Crippen LogP) is 9.33. The van der Waals surface area contributed by atoms with Gasteiger partial charge in [-0.05, 0) is 92.6 Å². The lowest BCUT2D eigenvalue weighted by Crippen LogP contribution is -2.18. The zero-order valence-electron chi connectivity index (χ0n) is 24.7. The van der Waals surface area contributed by atoms with Crippen molar-refractivity contribution in [3.63, 3.8) is 0 Å². The molecule has 236 valence electrons. The van der Waals surface area contributed by atoms with Crippen molar-refractivity contribution in [3.8, 4) is 16.3 Å². The van der Waals surface area contributed by atoms with Gasteiger partial charge in [-0.25, -0.2) is 9.78 Å². The van der Waals surface area contributed by atoms with Crippen LogP contribution in [0.25, 0.3) is 10.6 Å². The summed E-state index contributed by atoms with van der Waals surface area (Å²) in [4.78, 5) is 17.4. The number of rotatable bonds is 14. The predicted molar refractivity (Wildman–Crippen MR) is 170 cm³/mol. The topological polar surface area (TPSA) is 96.0 Å². The minimum atomic E-state index is -4.52. The summed E-state index contributed by atoms with van der Waals surface area (Å²) in [5, 5.41) is 3.67. The van der Waals surface area contributed by atoms with Crippen LogP contribution in [0.3, 0.4) is 0 Å². The van der Waals surface area contributed by atoms with Crippen molar-refractivity contribution in [1.82, 2.24) is 4.98 Å². The van der Waals surface area contributed by atoms with E-state index in [1.54, 1.807) is 68.5 Å². The maximum atomic E-state index is 14.4. The Labute approximate surface area is 267 Å². The number of hydrogen-bond donors (Lipinski definition) is 1. The average molecular weight is 755 g/mol. The number of carbonyl (C=O) groups is 1. The minimum Gasteiger partial charge on any atom is -0.493 e. The van der Waals surface area contributed by atoms with E-state index in [1.165, 1.54) is 6.07 Å². The zero-order valence-corrected chi connectivity index (χ0v) is 28.6. The molecule has 3 rings (SSSR count). The first-order chi connectivity index (χ1) is 20.2. The fraction of sp³-hybridized carbons (Fsp3) is 0.448. The highest BCUT2D eigenvalue weighted by molar-refractivity contribution is 14.1. The van der Waals surface area contributed by atoms with Gasteiger partial charge in [0, 0.05) is 20.4 Å². The van der Waals surface area contributed by atoms with Gasteiger partial charge < -0.3 is 23.8 Å². The molecule has 43 heavy (non-hydrogen) atoms. The van der Waals surface area contributed by atoms with E-state index in [9.17, 15) is 22.5 Å². The Balaban J connectivity index is 2.23. The van der Waals surface area contributed by atoms with Crippen molar-refractivity contribution in [2.75, 3.05) is 31.7 Å². The molecule has 0 aliphatic heterocycles. The van der Waals surface area contributed by atoms with E-state index in [2.05, 4.69) is 10.3 Å². The van der Waals surface area contributed by atoms with Gasteiger partial charge in [0.15, 0.2) is 5.78 Å². The molecule has 3 aromatic rings. The van der Waals surface area contributed by atoms with Gasteiger partial charge in [0.1, 0.15) is 15.6 Å². The third-order valence-electron chi connectivity index (χ3n) is 5.90. The van der Waals surface area contributed by atoms with E-state index < -0.39 is 31.1 Å². The molecule has 1 heterocycles. The summed E-state index contributed by atoms with van der Waals surface area (Å²) in [5.41, 5.74) is 0.987. The van der Waals surface area contributed by atoms with Gasteiger partial charge in [-0.3, -0.25) is 4.57 Å². The molecule has 0 aliphatic rings.